The molecule has 0 aliphatic rings. The quantitative estimate of drug-likeness (QED) is 0.640. The molecule has 0 aliphatic heterocycles. The van der Waals surface area contributed by atoms with Crippen LogP contribution in [0.5, 0.6) is 0 Å². The normalized spacial score (nSPS) is 7.50. The van der Waals surface area contributed by atoms with E-state index in [1.165, 1.54) is 32.4 Å². The third-order valence-electron chi connectivity index (χ3n) is 0.854. The highest BCUT2D eigenvalue weighted by atomic mass is 14.8. The highest BCUT2D eigenvalue weighted by Crippen LogP contribution is 1.71. The lowest BCUT2D eigenvalue weighted by molar-refractivity contribution is 0.662. The zero-order valence-corrected chi connectivity index (χ0v) is 10.0. The number of nitrogens with one attached hydrogen (secondary N) is 1. The Morgan fingerprint density at radius 2 is 1.00 bits per heavy atom. The molecular weight excluding hydrogens is 146 g/mol. The van der Waals surface area contributed by atoms with Gasteiger partial charge in [-0.1, -0.05) is 48.0 Å². The van der Waals surface area contributed by atoms with E-state index in [0.717, 1.165) is 0 Å². The van der Waals surface area contributed by atoms with E-state index in [-0.39, 0.29) is 0 Å². The van der Waals surface area contributed by atoms with E-state index in [9.17, 15) is 0 Å². The molecule has 0 saturated heterocycles. The maximum absolute atomic E-state index is 3.28. The monoisotopic (exact) mass is 175 g/mol. The summed E-state index contributed by atoms with van der Waals surface area (Å²) >= 11 is 0. The minimum atomic E-state index is 1.17. The van der Waals surface area contributed by atoms with Crippen molar-refractivity contribution in [2.75, 3.05) is 13.1 Å². The summed E-state index contributed by atoms with van der Waals surface area (Å²) in [5.74, 6) is 0. The maximum Gasteiger partial charge on any atom is -0.00516 e. The van der Waals surface area contributed by atoms with Crippen LogP contribution < -0.4 is 5.32 Å². The van der Waals surface area contributed by atoms with Gasteiger partial charge in [-0.15, -0.1) is 0 Å². The first kappa shape index (κ1) is 17.9. The SMILES string of the molecule is CC.CCC.CCCNCCC. The molecule has 0 saturated carbocycles. The highest BCUT2D eigenvalue weighted by molar-refractivity contribution is 4.39. The zero-order valence-electron chi connectivity index (χ0n) is 10.0. The molecule has 1 N–H and O–H groups in total. The average molecular weight is 175 g/mol. The summed E-state index contributed by atoms with van der Waals surface area (Å²) in [5, 5.41) is 3.28. The zero-order chi connectivity index (χ0) is 10.2. The van der Waals surface area contributed by atoms with Crippen molar-refractivity contribution in [2.24, 2.45) is 0 Å². The summed E-state index contributed by atoms with van der Waals surface area (Å²) < 4.78 is 0. The first-order valence-electron chi connectivity index (χ1n) is 5.54. The fourth-order valence-electron chi connectivity index (χ4n) is 0.479. The molecule has 0 aliphatic carbocycles. The molecule has 12 heavy (non-hydrogen) atoms. The highest BCUT2D eigenvalue weighted by Gasteiger charge is 1.76. The molecular formula is C11H29N. The topological polar surface area (TPSA) is 12.0 Å². The van der Waals surface area contributed by atoms with E-state index in [1.807, 2.05) is 13.8 Å². The Morgan fingerprint density at radius 3 is 1.17 bits per heavy atom. The van der Waals surface area contributed by atoms with Crippen LogP contribution in [0.2, 0.25) is 0 Å². The molecule has 0 rings (SSSR count). The van der Waals surface area contributed by atoms with Gasteiger partial charge < -0.3 is 5.32 Å². The Kier molecular flexibility index (Phi) is 45.6. The molecule has 0 heterocycles. The van der Waals surface area contributed by atoms with Crippen molar-refractivity contribution in [2.45, 2.75) is 60.8 Å². The molecule has 0 aromatic rings. The summed E-state index contributed by atoms with van der Waals surface area (Å²) in [4.78, 5) is 0. The predicted molar refractivity (Wildman–Crippen MR) is 60.8 cm³/mol. The Balaban J connectivity index is -0.000000137. The molecule has 0 fully saturated rings. The lowest BCUT2D eigenvalue weighted by Gasteiger charge is -1.95. The lowest BCUT2D eigenvalue weighted by Crippen LogP contribution is -2.14. The molecule has 0 radical (unpaired) electrons. The molecule has 1 heteroatoms. The fraction of sp³-hybridized carbons (Fsp3) is 1.00. The van der Waals surface area contributed by atoms with Gasteiger partial charge in [0.15, 0.2) is 0 Å². The van der Waals surface area contributed by atoms with E-state index in [2.05, 4.69) is 33.0 Å². The number of rotatable bonds is 4. The summed E-state index contributed by atoms with van der Waals surface area (Å²) in [5.41, 5.74) is 0. The van der Waals surface area contributed by atoms with Crippen molar-refractivity contribution in [1.29, 1.82) is 0 Å². The molecule has 0 spiro atoms. The molecule has 0 atom stereocenters. The van der Waals surface area contributed by atoms with Gasteiger partial charge in [0, 0.05) is 0 Å². The van der Waals surface area contributed by atoms with Gasteiger partial charge in [0.25, 0.3) is 0 Å². The van der Waals surface area contributed by atoms with Crippen LogP contribution in [0, 0.1) is 0 Å². The van der Waals surface area contributed by atoms with Crippen LogP contribution in [-0.4, -0.2) is 13.1 Å². The van der Waals surface area contributed by atoms with Crippen LogP contribution in [0.15, 0.2) is 0 Å². The summed E-state index contributed by atoms with van der Waals surface area (Å²) in [7, 11) is 0. The molecule has 0 aromatic carbocycles. The van der Waals surface area contributed by atoms with Gasteiger partial charge in [0.1, 0.15) is 0 Å². The minimum Gasteiger partial charge on any atom is -0.317 e. The van der Waals surface area contributed by atoms with Crippen molar-refractivity contribution in [1.82, 2.24) is 5.32 Å². The van der Waals surface area contributed by atoms with Gasteiger partial charge in [-0.3, -0.25) is 0 Å². The molecule has 0 unspecified atom stereocenters. The Labute approximate surface area is 80.0 Å². The van der Waals surface area contributed by atoms with Crippen LogP contribution in [0.4, 0.5) is 0 Å². The predicted octanol–water partition coefficient (Wildman–Crippen LogP) is 3.84. The summed E-state index contributed by atoms with van der Waals surface area (Å²) in [6.45, 7) is 15.0. The van der Waals surface area contributed by atoms with E-state index in [4.69, 9.17) is 0 Å². The van der Waals surface area contributed by atoms with Crippen LogP contribution in [-0.2, 0) is 0 Å². The summed E-state index contributed by atoms with van der Waals surface area (Å²) in [6.07, 6.45) is 3.75. The van der Waals surface area contributed by atoms with Crippen molar-refractivity contribution >= 4 is 0 Å². The molecule has 0 aromatic heterocycles. The van der Waals surface area contributed by atoms with E-state index in [1.54, 1.807) is 0 Å². The third kappa shape index (κ3) is 51.0. The van der Waals surface area contributed by atoms with E-state index >= 15 is 0 Å². The van der Waals surface area contributed by atoms with Crippen LogP contribution in [0.1, 0.15) is 60.8 Å². The smallest absolute Gasteiger partial charge is 0.00516 e. The van der Waals surface area contributed by atoms with E-state index < -0.39 is 0 Å². The number of hydrogen-bond donors (Lipinski definition) is 1. The molecule has 78 valence electrons. The molecule has 0 bridgehead atoms. The van der Waals surface area contributed by atoms with Crippen molar-refractivity contribution in [3.8, 4) is 0 Å². The Morgan fingerprint density at radius 1 is 0.750 bits per heavy atom. The van der Waals surface area contributed by atoms with Gasteiger partial charge in [0.2, 0.25) is 0 Å². The summed E-state index contributed by atoms with van der Waals surface area (Å²) in [6, 6.07) is 0. The van der Waals surface area contributed by atoms with E-state index in [0.29, 0.717) is 0 Å². The van der Waals surface area contributed by atoms with Gasteiger partial charge in [0.05, 0.1) is 0 Å². The fourth-order valence-corrected chi connectivity index (χ4v) is 0.479. The molecule has 1 nitrogen and oxygen atoms in total. The maximum atomic E-state index is 3.28. The van der Waals surface area contributed by atoms with Crippen LogP contribution >= 0.6 is 0 Å². The largest absolute Gasteiger partial charge is 0.317 e. The van der Waals surface area contributed by atoms with Gasteiger partial charge in [-0.25, -0.2) is 0 Å². The first-order chi connectivity index (χ1) is 5.83. The number of hydrogen-bond acceptors (Lipinski definition) is 1. The average Bonchev–Trinajstić information content (AvgIpc) is 2.11. The standard InChI is InChI=1S/C6H15N.C3H8.C2H6/c1-3-5-7-6-4-2;1-3-2;1-2/h7H,3-6H2,1-2H3;3H2,1-2H3;1-2H3. The second-order valence-corrected chi connectivity index (χ2v) is 2.46. The van der Waals surface area contributed by atoms with Gasteiger partial charge in [-0.05, 0) is 25.9 Å². The van der Waals surface area contributed by atoms with Crippen LogP contribution in [0.3, 0.4) is 0 Å². The Hall–Kier alpha value is -0.0400. The van der Waals surface area contributed by atoms with Crippen molar-refractivity contribution in [3.63, 3.8) is 0 Å². The minimum absolute atomic E-state index is 1.17. The molecule has 0 amide bonds. The lowest BCUT2D eigenvalue weighted by atomic mass is 10.4. The Bertz CT molecular complexity index is 32.0. The second-order valence-electron chi connectivity index (χ2n) is 2.46. The van der Waals surface area contributed by atoms with Gasteiger partial charge >= 0.3 is 0 Å². The van der Waals surface area contributed by atoms with Gasteiger partial charge in [-0.2, -0.15) is 0 Å². The third-order valence-corrected chi connectivity index (χ3v) is 0.854. The first-order valence-corrected chi connectivity index (χ1v) is 5.54. The van der Waals surface area contributed by atoms with Crippen molar-refractivity contribution < 1.29 is 0 Å². The van der Waals surface area contributed by atoms with Crippen molar-refractivity contribution in [3.05, 3.63) is 0 Å². The second kappa shape index (κ2) is 30.6. The van der Waals surface area contributed by atoms with Crippen LogP contribution in [0.25, 0.3) is 0 Å².